The van der Waals surface area contributed by atoms with Crippen LogP contribution in [0.5, 0.6) is 0 Å². The van der Waals surface area contributed by atoms with E-state index < -0.39 is 6.10 Å². The summed E-state index contributed by atoms with van der Waals surface area (Å²) in [6.07, 6.45) is 72.8. The van der Waals surface area contributed by atoms with E-state index in [0.717, 1.165) is 128 Å². The fraction of sp³-hybridized carbons (Fsp3) is 0.726. The molecular weight excluding hydrogens is 841 g/mol. The average molecular weight is 948 g/mol. The van der Waals surface area contributed by atoms with Crippen molar-refractivity contribution in [3.05, 3.63) is 85.1 Å². The zero-order valence-electron chi connectivity index (χ0n) is 44.6. The third-order valence-corrected chi connectivity index (χ3v) is 12.1. The Morgan fingerprint density at radius 3 is 0.897 bits per heavy atom. The Kier molecular flexibility index (Phi) is 53.4. The first-order chi connectivity index (χ1) is 33.5. The van der Waals surface area contributed by atoms with E-state index in [-0.39, 0.29) is 31.1 Å². The Balaban J connectivity index is 4.38. The van der Waals surface area contributed by atoms with Gasteiger partial charge in [-0.1, -0.05) is 247 Å². The van der Waals surface area contributed by atoms with Crippen molar-refractivity contribution in [2.24, 2.45) is 0 Å². The van der Waals surface area contributed by atoms with Crippen molar-refractivity contribution in [3.8, 4) is 0 Å². The highest BCUT2D eigenvalue weighted by atomic mass is 16.6. The van der Waals surface area contributed by atoms with Gasteiger partial charge in [-0.05, 0) is 89.9 Å². The van der Waals surface area contributed by atoms with Crippen molar-refractivity contribution >= 4 is 17.9 Å². The van der Waals surface area contributed by atoms with Gasteiger partial charge in [-0.25, -0.2) is 0 Å². The zero-order chi connectivity index (χ0) is 49.3. The van der Waals surface area contributed by atoms with Crippen LogP contribution in [0.2, 0.25) is 0 Å². The molecule has 0 radical (unpaired) electrons. The maximum absolute atomic E-state index is 12.8. The molecule has 6 heteroatoms. The van der Waals surface area contributed by atoms with Gasteiger partial charge >= 0.3 is 17.9 Å². The number of ether oxygens (including phenoxy) is 3. The van der Waals surface area contributed by atoms with E-state index in [1.807, 2.05) is 0 Å². The summed E-state index contributed by atoms with van der Waals surface area (Å²) in [7, 11) is 0. The summed E-state index contributed by atoms with van der Waals surface area (Å²) < 4.78 is 16.9. The highest BCUT2D eigenvalue weighted by Crippen LogP contribution is 2.16. The van der Waals surface area contributed by atoms with Crippen molar-refractivity contribution < 1.29 is 28.6 Å². The highest BCUT2D eigenvalue weighted by molar-refractivity contribution is 5.71. The first kappa shape index (κ1) is 64.6. The standard InChI is InChI=1S/C62H106O6/c1-4-7-10-13-16-19-22-25-28-29-30-31-32-33-35-37-40-43-46-49-52-55-61(64)67-58-59(57-66-60(63)54-51-48-45-42-39-36-27-24-21-18-15-12-9-6-3)68-62(65)56-53-50-47-44-41-38-34-26-23-20-17-14-11-8-5-2/h7-8,10-11,16-17,19-20,25-26,28,30-31,34,59H,4-6,9,12-15,18,21-24,27,29,32-33,35-58H2,1-3H3/b10-7-,11-8-,19-16-,20-17-,28-25-,31-30-,34-26-. The maximum Gasteiger partial charge on any atom is 0.306 e. The molecule has 1 atom stereocenters. The summed E-state index contributed by atoms with van der Waals surface area (Å²) in [5, 5.41) is 0. The van der Waals surface area contributed by atoms with Gasteiger partial charge in [0.2, 0.25) is 0 Å². The van der Waals surface area contributed by atoms with Gasteiger partial charge in [0, 0.05) is 19.3 Å². The molecule has 0 fully saturated rings. The maximum atomic E-state index is 12.8. The molecule has 0 aliphatic carbocycles. The molecule has 0 saturated carbocycles. The van der Waals surface area contributed by atoms with Crippen LogP contribution in [-0.2, 0) is 28.6 Å². The number of rotatable bonds is 51. The van der Waals surface area contributed by atoms with Crippen LogP contribution >= 0.6 is 0 Å². The number of allylic oxidation sites excluding steroid dienone is 14. The lowest BCUT2D eigenvalue weighted by Gasteiger charge is -2.18. The van der Waals surface area contributed by atoms with Crippen molar-refractivity contribution in [2.45, 2.75) is 277 Å². The molecule has 0 saturated heterocycles. The second-order valence-corrected chi connectivity index (χ2v) is 18.8. The SMILES string of the molecule is CC/C=C\C/C=C\C/C=C\C/C=C\CCCCCCCCCCC(=O)OCC(COC(=O)CCCCCCCCCCCCCCCC)OC(=O)CCCCCCC/C=C\C/C=C\C/C=C\CC. The summed E-state index contributed by atoms with van der Waals surface area (Å²) in [5.41, 5.74) is 0. The Labute approximate surface area is 420 Å². The van der Waals surface area contributed by atoms with Crippen LogP contribution in [0.3, 0.4) is 0 Å². The van der Waals surface area contributed by atoms with Gasteiger partial charge in [-0.2, -0.15) is 0 Å². The molecule has 0 aromatic carbocycles. The molecule has 0 rings (SSSR count). The summed E-state index contributed by atoms with van der Waals surface area (Å²) in [6.45, 7) is 6.41. The molecule has 0 amide bonds. The molecule has 0 spiro atoms. The number of hydrogen-bond acceptors (Lipinski definition) is 6. The predicted molar refractivity (Wildman–Crippen MR) is 293 cm³/mol. The fourth-order valence-corrected chi connectivity index (χ4v) is 7.92. The second-order valence-electron chi connectivity index (χ2n) is 18.8. The summed E-state index contributed by atoms with van der Waals surface area (Å²) in [5.74, 6) is -0.903. The summed E-state index contributed by atoms with van der Waals surface area (Å²) in [4.78, 5) is 38.1. The number of carbonyl (C=O) groups is 3. The first-order valence-corrected chi connectivity index (χ1v) is 28.6. The topological polar surface area (TPSA) is 78.9 Å². The van der Waals surface area contributed by atoms with E-state index in [1.165, 1.54) is 103 Å². The quantitative estimate of drug-likeness (QED) is 0.0262. The van der Waals surface area contributed by atoms with Crippen LogP contribution in [0.4, 0.5) is 0 Å². The largest absolute Gasteiger partial charge is 0.462 e. The number of esters is 3. The Bertz CT molecular complexity index is 1320. The Morgan fingerprint density at radius 1 is 0.309 bits per heavy atom. The smallest absolute Gasteiger partial charge is 0.306 e. The average Bonchev–Trinajstić information content (AvgIpc) is 3.34. The second kappa shape index (κ2) is 56.2. The van der Waals surface area contributed by atoms with E-state index in [2.05, 4.69) is 106 Å². The van der Waals surface area contributed by atoms with Crippen LogP contribution in [0, 0.1) is 0 Å². The molecule has 0 aromatic rings. The van der Waals surface area contributed by atoms with Gasteiger partial charge in [0.1, 0.15) is 13.2 Å². The van der Waals surface area contributed by atoms with E-state index >= 15 is 0 Å². The molecule has 0 heterocycles. The molecule has 1 unspecified atom stereocenters. The summed E-state index contributed by atoms with van der Waals surface area (Å²) in [6, 6.07) is 0. The molecule has 68 heavy (non-hydrogen) atoms. The third kappa shape index (κ3) is 53.5. The van der Waals surface area contributed by atoms with Crippen molar-refractivity contribution in [1.29, 1.82) is 0 Å². The van der Waals surface area contributed by atoms with E-state index in [0.29, 0.717) is 19.3 Å². The number of carbonyl (C=O) groups excluding carboxylic acids is 3. The minimum absolute atomic E-state index is 0.0842. The van der Waals surface area contributed by atoms with E-state index in [1.54, 1.807) is 0 Å². The van der Waals surface area contributed by atoms with E-state index in [4.69, 9.17) is 14.2 Å². The van der Waals surface area contributed by atoms with Gasteiger partial charge in [0.15, 0.2) is 6.10 Å². The van der Waals surface area contributed by atoms with Gasteiger partial charge in [-0.3, -0.25) is 14.4 Å². The first-order valence-electron chi connectivity index (χ1n) is 28.6. The molecule has 0 N–H and O–H groups in total. The highest BCUT2D eigenvalue weighted by Gasteiger charge is 2.19. The minimum Gasteiger partial charge on any atom is -0.462 e. The number of unbranched alkanes of at least 4 members (excludes halogenated alkanes) is 26. The molecule has 0 aromatic heterocycles. The fourth-order valence-electron chi connectivity index (χ4n) is 7.92. The Hall–Kier alpha value is -3.41. The molecule has 0 aliphatic rings. The predicted octanol–water partition coefficient (Wildman–Crippen LogP) is 19.2. The van der Waals surface area contributed by atoms with Crippen molar-refractivity contribution in [2.75, 3.05) is 13.2 Å². The molecule has 390 valence electrons. The van der Waals surface area contributed by atoms with Gasteiger partial charge in [-0.15, -0.1) is 0 Å². The van der Waals surface area contributed by atoms with Crippen LogP contribution in [-0.4, -0.2) is 37.2 Å². The van der Waals surface area contributed by atoms with Crippen molar-refractivity contribution in [1.82, 2.24) is 0 Å². The number of hydrogen-bond donors (Lipinski definition) is 0. The lowest BCUT2D eigenvalue weighted by molar-refractivity contribution is -0.167. The van der Waals surface area contributed by atoms with Gasteiger partial charge in [0.05, 0.1) is 0 Å². The lowest BCUT2D eigenvalue weighted by atomic mass is 10.0. The van der Waals surface area contributed by atoms with Gasteiger partial charge < -0.3 is 14.2 Å². The zero-order valence-corrected chi connectivity index (χ0v) is 44.6. The normalized spacial score (nSPS) is 12.7. The monoisotopic (exact) mass is 947 g/mol. The molecule has 0 bridgehead atoms. The molecule has 0 aliphatic heterocycles. The molecular formula is C62H106O6. The van der Waals surface area contributed by atoms with Crippen LogP contribution in [0.25, 0.3) is 0 Å². The minimum atomic E-state index is -0.788. The lowest BCUT2D eigenvalue weighted by Crippen LogP contribution is -2.30. The summed E-state index contributed by atoms with van der Waals surface area (Å²) >= 11 is 0. The van der Waals surface area contributed by atoms with Crippen LogP contribution < -0.4 is 0 Å². The van der Waals surface area contributed by atoms with E-state index in [9.17, 15) is 14.4 Å². The Morgan fingerprint density at radius 2 is 0.574 bits per heavy atom. The van der Waals surface area contributed by atoms with Crippen molar-refractivity contribution in [3.63, 3.8) is 0 Å². The van der Waals surface area contributed by atoms with Crippen LogP contribution in [0.15, 0.2) is 85.1 Å². The van der Waals surface area contributed by atoms with Gasteiger partial charge in [0.25, 0.3) is 0 Å². The third-order valence-electron chi connectivity index (χ3n) is 12.1. The molecule has 6 nitrogen and oxygen atoms in total. The van der Waals surface area contributed by atoms with Crippen LogP contribution in [0.1, 0.15) is 271 Å².